The maximum Gasteiger partial charge on any atom is 0.246 e. The normalized spacial score (nSPS) is 10.6. The van der Waals surface area contributed by atoms with E-state index in [0.29, 0.717) is 19.7 Å². The molecule has 1 rings (SSSR count). The molecular weight excluding hydrogens is 250 g/mol. The fraction of sp³-hybridized carbons (Fsp3) is 0.353. The van der Waals surface area contributed by atoms with Crippen molar-refractivity contribution in [3.8, 4) is 5.75 Å². The van der Waals surface area contributed by atoms with Crippen molar-refractivity contribution in [3.63, 3.8) is 0 Å². The van der Waals surface area contributed by atoms with Crippen molar-refractivity contribution in [2.75, 3.05) is 19.7 Å². The molecule has 0 atom stereocenters. The monoisotopic (exact) mass is 273 g/mol. The first-order valence-corrected chi connectivity index (χ1v) is 6.91. The summed E-state index contributed by atoms with van der Waals surface area (Å²) in [6.45, 7) is 11.6. The fourth-order valence-electron chi connectivity index (χ4n) is 1.79. The summed E-state index contributed by atoms with van der Waals surface area (Å²) in [7, 11) is 0. The minimum atomic E-state index is 0.00406. The lowest BCUT2D eigenvalue weighted by molar-refractivity contribution is -0.125. The first-order valence-electron chi connectivity index (χ1n) is 6.91. The van der Waals surface area contributed by atoms with Gasteiger partial charge in [0.1, 0.15) is 5.75 Å². The number of hydrogen-bond acceptors (Lipinski definition) is 2. The zero-order valence-corrected chi connectivity index (χ0v) is 12.6. The minimum Gasteiger partial charge on any atom is -0.494 e. The van der Waals surface area contributed by atoms with Gasteiger partial charge in [0.05, 0.1) is 6.61 Å². The highest BCUT2D eigenvalue weighted by molar-refractivity contribution is 5.91. The molecule has 1 aromatic rings. The number of carbonyl (C=O) groups is 1. The Morgan fingerprint density at radius 2 is 1.95 bits per heavy atom. The van der Waals surface area contributed by atoms with E-state index in [2.05, 4.69) is 6.58 Å². The van der Waals surface area contributed by atoms with Gasteiger partial charge in [-0.2, -0.15) is 0 Å². The Hall–Kier alpha value is -2.03. The summed E-state index contributed by atoms with van der Waals surface area (Å²) in [5, 5.41) is 0. The van der Waals surface area contributed by atoms with Gasteiger partial charge in [-0.05, 0) is 44.5 Å². The van der Waals surface area contributed by atoms with E-state index in [9.17, 15) is 4.79 Å². The lowest BCUT2D eigenvalue weighted by Gasteiger charge is -2.18. The van der Waals surface area contributed by atoms with Gasteiger partial charge in [0, 0.05) is 19.2 Å². The zero-order chi connectivity index (χ0) is 15.0. The quantitative estimate of drug-likeness (QED) is 0.562. The number of hydrogen-bond donors (Lipinski definition) is 0. The van der Waals surface area contributed by atoms with E-state index in [4.69, 9.17) is 4.74 Å². The third-order valence-corrected chi connectivity index (χ3v) is 2.76. The van der Waals surface area contributed by atoms with Crippen LogP contribution in [-0.4, -0.2) is 30.5 Å². The van der Waals surface area contributed by atoms with Crippen molar-refractivity contribution in [2.45, 2.75) is 20.8 Å². The van der Waals surface area contributed by atoms with Crippen LogP contribution in [0, 0.1) is 0 Å². The zero-order valence-electron chi connectivity index (χ0n) is 12.6. The second-order valence-electron chi connectivity index (χ2n) is 4.64. The van der Waals surface area contributed by atoms with Crippen LogP contribution in [0.25, 0.3) is 6.08 Å². The van der Waals surface area contributed by atoms with Crippen LogP contribution in [-0.2, 0) is 4.79 Å². The Balaban J connectivity index is 2.65. The summed E-state index contributed by atoms with van der Waals surface area (Å²) in [5.41, 5.74) is 1.96. The van der Waals surface area contributed by atoms with Crippen molar-refractivity contribution in [2.24, 2.45) is 0 Å². The Morgan fingerprint density at radius 3 is 2.45 bits per heavy atom. The van der Waals surface area contributed by atoms with Crippen molar-refractivity contribution in [3.05, 3.63) is 48.1 Å². The van der Waals surface area contributed by atoms with Crippen LogP contribution in [0.5, 0.6) is 5.75 Å². The first-order chi connectivity index (χ1) is 9.56. The summed E-state index contributed by atoms with van der Waals surface area (Å²) >= 11 is 0. The SMILES string of the molecule is C=C(C)CN(CC)C(=O)/C=C/c1ccc(OCC)cc1. The molecule has 3 nitrogen and oxygen atoms in total. The Labute approximate surface area is 121 Å². The predicted octanol–water partition coefficient (Wildman–Crippen LogP) is 3.52. The number of nitrogens with zero attached hydrogens (tertiary/aromatic N) is 1. The van der Waals surface area contributed by atoms with E-state index in [1.807, 2.05) is 51.1 Å². The van der Waals surface area contributed by atoms with Crippen molar-refractivity contribution in [1.29, 1.82) is 0 Å². The molecule has 0 bridgehead atoms. The lowest BCUT2D eigenvalue weighted by Crippen LogP contribution is -2.30. The summed E-state index contributed by atoms with van der Waals surface area (Å²) < 4.78 is 5.38. The topological polar surface area (TPSA) is 29.5 Å². The van der Waals surface area contributed by atoms with Crippen molar-refractivity contribution >= 4 is 12.0 Å². The van der Waals surface area contributed by atoms with Crippen molar-refractivity contribution < 1.29 is 9.53 Å². The first kappa shape index (κ1) is 16.0. The third kappa shape index (κ3) is 5.31. The molecular formula is C17H23NO2. The van der Waals surface area contributed by atoms with Gasteiger partial charge in [-0.15, -0.1) is 0 Å². The summed E-state index contributed by atoms with van der Waals surface area (Å²) in [6, 6.07) is 7.67. The summed E-state index contributed by atoms with van der Waals surface area (Å²) in [4.78, 5) is 13.8. The van der Waals surface area contributed by atoms with Crippen LogP contribution in [0.15, 0.2) is 42.5 Å². The van der Waals surface area contributed by atoms with Gasteiger partial charge in [0.15, 0.2) is 0 Å². The van der Waals surface area contributed by atoms with E-state index < -0.39 is 0 Å². The lowest BCUT2D eigenvalue weighted by atomic mass is 10.2. The van der Waals surface area contributed by atoms with Gasteiger partial charge < -0.3 is 9.64 Å². The summed E-state index contributed by atoms with van der Waals surface area (Å²) in [5.74, 6) is 0.845. The van der Waals surface area contributed by atoms with Crippen LogP contribution in [0.1, 0.15) is 26.3 Å². The molecule has 0 aliphatic rings. The summed E-state index contributed by atoms with van der Waals surface area (Å²) in [6.07, 6.45) is 3.42. The fourth-order valence-corrected chi connectivity index (χ4v) is 1.79. The smallest absolute Gasteiger partial charge is 0.246 e. The average molecular weight is 273 g/mol. The Morgan fingerprint density at radius 1 is 1.30 bits per heavy atom. The highest BCUT2D eigenvalue weighted by Gasteiger charge is 2.07. The van der Waals surface area contributed by atoms with E-state index >= 15 is 0 Å². The number of carbonyl (C=O) groups excluding carboxylic acids is 1. The van der Waals surface area contributed by atoms with Crippen LogP contribution < -0.4 is 4.74 Å². The largest absolute Gasteiger partial charge is 0.494 e. The van der Waals surface area contributed by atoms with E-state index in [1.165, 1.54) is 0 Å². The van der Waals surface area contributed by atoms with Gasteiger partial charge in [-0.3, -0.25) is 4.79 Å². The second kappa shape index (κ2) is 8.20. The molecule has 0 radical (unpaired) electrons. The molecule has 1 amide bonds. The molecule has 0 aliphatic carbocycles. The molecule has 0 N–H and O–H groups in total. The van der Waals surface area contributed by atoms with E-state index in [0.717, 1.165) is 16.9 Å². The molecule has 0 saturated carbocycles. The maximum absolute atomic E-state index is 12.0. The number of likely N-dealkylation sites (N-methyl/N-ethyl adjacent to an activating group) is 1. The van der Waals surface area contributed by atoms with Crippen LogP contribution in [0.3, 0.4) is 0 Å². The molecule has 20 heavy (non-hydrogen) atoms. The Kier molecular flexibility index (Phi) is 6.57. The van der Waals surface area contributed by atoms with Gasteiger partial charge in [-0.1, -0.05) is 24.3 Å². The molecule has 0 spiro atoms. The molecule has 3 heteroatoms. The van der Waals surface area contributed by atoms with Gasteiger partial charge >= 0.3 is 0 Å². The highest BCUT2D eigenvalue weighted by atomic mass is 16.5. The molecule has 0 saturated heterocycles. The predicted molar refractivity (Wildman–Crippen MR) is 83.7 cm³/mol. The van der Waals surface area contributed by atoms with Gasteiger partial charge in [0.25, 0.3) is 0 Å². The standard InChI is InChI=1S/C17H23NO2/c1-5-18(13-14(3)4)17(19)12-9-15-7-10-16(11-8-15)20-6-2/h7-12H,3,5-6,13H2,1-2,4H3/b12-9+. The second-order valence-corrected chi connectivity index (χ2v) is 4.64. The van der Waals surface area contributed by atoms with E-state index in [-0.39, 0.29) is 5.91 Å². The van der Waals surface area contributed by atoms with Crippen LogP contribution in [0.2, 0.25) is 0 Å². The molecule has 108 valence electrons. The Bertz CT molecular complexity index is 474. The number of ether oxygens (including phenoxy) is 1. The third-order valence-electron chi connectivity index (χ3n) is 2.76. The van der Waals surface area contributed by atoms with Crippen molar-refractivity contribution in [1.82, 2.24) is 4.90 Å². The molecule has 0 aromatic heterocycles. The molecule has 0 aliphatic heterocycles. The molecule has 1 aromatic carbocycles. The highest BCUT2D eigenvalue weighted by Crippen LogP contribution is 2.13. The van der Waals surface area contributed by atoms with Crippen LogP contribution >= 0.6 is 0 Å². The van der Waals surface area contributed by atoms with E-state index in [1.54, 1.807) is 11.0 Å². The van der Waals surface area contributed by atoms with Gasteiger partial charge in [0.2, 0.25) is 5.91 Å². The molecule has 0 fully saturated rings. The number of rotatable bonds is 7. The molecule has 0 heterocycles. The molecule has 0 unspecified atom stereocenters. The van der Waals surface area contributed by atoms with Crippen LogP contribution in [0.4, 0.5) is 0 Å². The minimum absolute atomic E-state index is 0.00406. The number of amides is 1. The average Bonchev–Trinajstić information content (AvgIpc) is 2.43. The number of benzene rings is 1. The van der Waals surface area contributed by atoms with Gasteiger partial charge in [-0.25, -0.2) is 0 Å². The maximum atomic E-state index is 12.0.